The number of allylic oxidation sites excluding steroid dienone is 4. The van der Waals surface area contributed by atoms with Crippen molar-refractivity contribution in [3.8, 4) is 0 Å². The zero-order chi connectivity index (χ0) is 33.8. The third-order valence-electron chi connectivity index (χ3n) is 8.32. The fourth-order valence-electron chi connectivity index (χ4n) is 4.86. The Kier molecular flexibility index (Phi) is 16.2. The van der Waals surface area contributed by atoms with Gasteiger partial charge in [-0.25, -0.2) is 4.39 Å². The molecule has 1 fully saturated rings. The lowest BCUT2D eigenvalue weighted by molar-refractivity contribution is -0.124. The molecule has 0 spiro atoms. The van der Waals surface area contributed by atoms with Gasteiger partial charge in [0.05, 0.1) is 17.0 Å². The molecule has 1 aromatic rings. The number of nitrogens with zero attached hydrogens (tertiary/aromatic N) is 1. The van der Waals surface area contributed by atoms with Crippen LogP contribution in [0.2, 0.25) is 0 Å². The minimum atomic E-state index is -0.364. The van der Waals surface area contributed by atoms with Crippen LogP contribution in [0, 0.1) is 5.92 Å². The van der Waals surface area contributed by atoms with Crippen molar-refractivity contribution < 1.29 is 18.5 Å². The van der Waals surface area contributed by atoms with Gasteiger partial charge in [0.25, 0.3) is 0 Å². The topological polar surface area (TPSA) is 50.8 Å². The van der Waals surface area contributed by atoms with Gasteiger partial charge in [-0.05, 0) is 104 Å². The summed E-state index contributed by atoms with van der Waals surface area (Å²) in [4.78, 5) is 14.6. The summed E-state index contributed by atoms with van der Waals surface area (Å²) in [6.07, 6.45) is 8.60. The van der Waals surface area contributed by atoms with Crippen LogP contribution in [-0.2, 0) is 14.1 Å². The van der Waals surface area contributed by atoms with Crippen LogP contribution >= 0.6 is 0 Å². The molecule has 3 aliphatic rings. The number of fused-ring (bicyclic) bond motifs is 2. The summed E-state index contributed by atoms with van der Waals surface area (Å²) >= 11 is 0. The summed E-state index contributed by atoms with van der Waals surface area (Å²) in [7, 11) is 1.79. The smallest absolute Gasteiger partial charge is 0.399 e. The van der Waals surface area contributed by atoms with E-state index >= 15 is 0 Å². The highest BCUT2D eigenvalue weighted by atomic mass is 19.1. The molecule has 7 heteroatoms. The molecule has 4 rings (SSSR count). The molecule has 44 heavy (non-hydrogen) atoms. The van der Waals surface area contributed by atoms with Crippen LogP contribution in [0.15, 0.2) is 47.3 Å². The number of anilines is 1. The maximum absolute atomic E-state index is 12.3. The number of carbonyl (C=O) groups excluding carboxylic acids is 1. The van der Waals surface area contributed by atoms with Gasteiger partial charge in [-0.15, -0.1) is 0 Å². The van der Waals surface area contributed by atoms with Crippen molar-refractivity contribution in [1.82, 2.24) is 5.32 Å². The molecule has 2 heterocycles. The highest BCUT2D eigenvalue weighted by Gasteiger charge is 2.51. The molecule has 0 bridgehead atoms. The standard InChI is InChI=1S/C24H35BN2O3.C5H9F.C5H10.C3H8/c1-15(2)22(28)26-18-10-8-16-14-27(7)21-11-9-17(12-20(21)19(16)13-18)25-29-23(3,4)24(5,6)30-25;1-3-4-5(2)6;1-4-5(2)3;1-3-2/h9,11-12,15,18H,8,10,13-14H2,1-7H3,(H,26,28);4H,3H2,1-2H3;4H,1-3H3;3H2,1-2H3/b;5-4+;;. The van der Waals surface area contributed by atoms with Crippen molar-refractivity contribution in [3.63, 3.8) is 0 Å². The number of nitrogens with one attached hydrogen (secondary N) is 1. The number of amides is 1. The molecule has 1 unspecified atom stereocenters. The molecule has 1 amide bonds. The van der Waals surface area contributed by atoms with Crippen LogP contribution < -0.4 is 15.7 Å². The third kappa shape index (κ3) is 11.5. The van der Waals surface area contributed by atoms with Crippen LogP contribution in [-0.4, -0.2) is 43.9 Å². The molecule has 5 nitrogen and oxygen atoms in total. The van der Waals surface area contributed by atoms with E-state index in [1.807, 2.05) is 27.7 Å². The Bertz CT molecular complexity index is 1150. The molecule has 0 radical (unpaired) electrons. The number of halogens is 1. The fourth-order valence-corrected chi connectivity index (χ4v) is 4.86. The second-order valence-electron chi connectivity index (χ2n) is 13.7. The lowest BCUT2D eigenvalue weighted by atomic mass is 9.74. The molecule has 0 saturated carbocycles. The highest BCUT2D eigenvalue weighted by Crippen LogP contribution is 2.42. The van der Waals surface area contributed by atoms with E-state index in [0.29, 0.717) is 0 Å². The molecule has 1 aliphatic carbocycles. The summed E-state index contributed by atoms with van der Waals surface area (Å²) in [5.74, 6) is 0.0702. The third-order valence-corrected chi connectivity index (χ3v) is 8.32. The van der Waals surface area contributed by atoms with Gasteiger partial charge in [-0.2, -0.15) is 0 Å². The van der Waals surface area contributed by atoms with Crippen LogP contribution in [0.1, 0.15) is 128 Å². The average Bonchev–Trinajstić information content (AvgIpc) is 3.16. The van der Waals surface area contributed by atoms with E-state index in [-0.39, 0.29) is 42.0 Å². The van der Waals surface area contributed by atoms with Gasteiger partial charge in [-0.1, -0.05) is 70.9 Å². The molecular weight excluding hydrogens is 550 g/mol. The summed E-state index contributed by atoms with van der Waals surface area (Å²) < 4.78 is 24.2. The Balaban J connectivity index is 0.000000581. The summed E-state index contributed by atoms with van der Waals surface area (Å²) in [5, 5.41) is 3.25. The van der Waals surface area contributed by atoms with E-state index in [2.05, 4.69) is 96.9 Å². The summed E-state index contributed by atoms with van der Waals surface area (Å²) in [5.41, 5.74) is 7.11. The maximum Gasteiger partial charge on any atom is 0.494 e. The van der Waals surface area contributed by atoms with Gasteiger partial charge in [0.1, 0.15) is 0 Å². The van der Waals surface area contributed by atoms with Crippen molar-refractivity contribution in [2.45, 2.75) is 139 Å². The predicted octanol–water partition coefficient (Wildman–Crippen LogP) is 9.17. The first-order valence-corrected chi connectivity index (χ1v) is 16.6. The number of likely N-dealkylation sites (N-methyl/N-ethyl adjacent to an activating group) is 1. The van der Waals surface area contributed by atoms with Gasteiger partial charge in [0.15, 0.2) is 0 Å². The fraction of sp³-hybridized carbons (Fsp3) is 0.649. The van der Waals surface area contributed by atoms with E-state index in [9.17, 15) is 9.18 Å². The van der Waals surface area contributed by atoms with Gasteiger partial charge >= 0.3 is 7.12 Å². The Morgan fingerprint density at radius 1 is 1.11 bits per heavy atom. The molecule has 2 aliphatic heterocycles. The minimum Gasteiger partial charge on any atom is -0.399 e. The zero-order valence-electron chi connectivity index (χ0n) is 30.4. The van der Waals surface area contributed by atoms with E-state index in [1.54, 1.807) is 6.08 Å². The molecule has 248 valence electrons. The number of hydrogen-bond donors (Lipinski definition) is 1. The quantitative estimate of drug-likeness (QED) is 0.272. The van der Waals surface area contributed by atoms with Crippen LogP contribution in [0.25, 0.3) is 5.57 Å². The monoisotopic (exact) mass is 612 g/mol. The Morgan fingerprint density at radius 2 is 1.66 bits per heavy atom. The molecule has 1 N–H and O–H groups in total. The SMILES string of the molecule is CC(C)C(=O)NC1CCC2=C(C1)c1cc(B3OC(C)(C)C(C)(C)O3)ccc1N(C)C2.CC/C=C(\C)F.CC=C(C)C.CCC. The first-order chi connectivity index (χ1) is 20.4. The lowest BCUT2D eigenvalue weighted by Crippen LogP contribution is -2.41. The predicted molar refractivity (Wildman–Crippen MR) is 189 cm³/mol. The number of benzene rings is 1. The van der Waals surface area contributed by atoms with Gasteiger partial charge in [0.2, 0.25) is 5.91 Å². The highest BCUT2D eigenvalue weighted by molar-refractivity contribution is 6.62. The van der Waals surface area contributed by atoms with Crippen molar-refractivity contribution in [2.75, 3.05) is 18.5 Å². The summed E-state index contributed by atoms with van der Waals surface area (Å²) in [6.45, 7) is 27.0. The van der Waals surface area contributed by atoms with E-state index < -0.39 is 0 Å². The second-order valence-corrected chi connectivity index (χ2v) is 13.7. The first kappa shape index (κ1) is 39.6. The van der Waals surface area contributed by atoms with Crippen molar-refractivity contribution in [2.24, 2.45) is 5.92 Å². The molecule has 1 aromatic carbocycles. The van der Waals surface area contributed by atoms with Gasteiger partial charge < -0.3 is 19.5 Å². The molecule has 0 aromatic heterocycles. The van der Waals surface area contributed by atoms with Crippen LogP contribution in [0.5, 0.6) is 0 Å². The number of hydrogen-bond acceptors (Lipinski definition) is 4. The van der Waals surface area contributed by atoms with Crippen LogP contribution in [0.4, 0.5) is 10.1 Å². The van der Waals surface area contributed by atoms with E-state index in [1.165, 1.54) is 41.3 Å². The maximum atomic E-state index is 12.3. The van der Waals surface area contributed by atoms with E-state index in [4.69, 9.17) is 9.31 Å². The van der Waals surface area contributed by atoms with Crippen molar-refractivity contribution in [3.05, 3.63) is 52.9 Å². The molecule has 1 saturated heterocycles. The first-order valence-electron chi connectivity index (χ1n) is 16.6. The molecular formula is C37H62BFN2O3. The van der Waals surface area contributed by atoms with Gasteiger partial charge in [0, 0.05) is 36.8 Å². The largest absolute Gasteiger partial charge is 0.494 e. The van der Waals surface area contributed by atoms with Crippen molar-refractivity contribution in [1.29, 1.82) is 0 Å². The minimum absolute atomic E-state index is 0.0140. The number of rotatable bonds is 4. The summed E-state index contributed by atoms with van der Waals surface area (Å²) in [6, 6.07) is 6.77. The Morgan fingerprint density at radius 3 is 2.09 bits per heavy atom. The van der Waals surface area contributed by atoms with E-state index in [0.717, 1.165) is 37.7 Å². The van der Waals surface area contributed by atoms with Crippen LogP contribution in [0.3, 0.4) is 0 Å². The van der Waals surface area contributed by atoms with Crippen molar-refractivity contribution >= 4 is 29.7 Å². The Hall–Kier alpha value is -2.38. The molecule has 1 atom stereocenters. The number of carbonyl (C=O) groups is 1. The lowest BCUT2D eigenvalue weighted by Gasteiger charge is -2.37. The second kappa shape index (κ2) is 17.9. The van der Waals surface area contributed by atoms with Gasteiger partial charge in [-0.3, -0.25) is 4.79 Å². The average molecular weight is 613 g/mol. The zero-order valence-corrected chi connectivity index (χ0v) is 30.4. The Labute approximate surface area is 269 Å². The normalized spacial score (nSPS) is 19.7.